The molecule has 1 aromatic carbocycles. The molecule has 9 nitrogen and oxygen atoms in total. The number of rotatable bonds is 6. The number of pyridine rings is 1. The highest BCUT2D eigenvalue weighted by Gasteiger charge is 2.31. The van der Waals surface area contributed by atoms with Crippen LogP contribution >= 0.6 is 0 Å². The zero-order chi connectivity index (χ0) is 25.2. The van der Waals surface area contributed by atoms with Crippen LogP contribution in [0.3, 0.4) is 0 Å². The molecule has 3 N–H and O–H groups in total. The van der Waals surface area contributed by atoms with E-state index < -0.39 is 35.8 Å². The van der Waals surface area contributed by atoms with Gasteiger partial charge in [0.05, 0.1) is 6.04 Å². The fourth-order valence-electron chi connectivity index (χ4n) is 3.82. The predicted octanol–water partition coefficient (Wildman–Crippen LogP) is 2.08. The Morgan fingerprint density at radius 2 is 1.83 bits per heavy atom. The first kappa shape index (κ1) is 25.9. The summed E-state index contributed by atoms with van der Waals surface area (Å²) in [7, 11) is 0. The molecular formula is C26H32N4O5. The molecule has 2 unspecified atom stereocenters. The second kappa shape index (κ2) is 12.6. The van der Waals surface area contributed by atoms with E-state index in [1.165, 1.54) is 0 Å². The van der Waals surface area contributed by atoms with Crippen LogP contribution in [-0.4, -0.2) is 47.3 Å². The maximum absolute atomic E-state index is 13.1. The Bertz CT molecular complexity index is 1040. The van der Waals surface area contributed by atoms with Crippen LogP contribution in [0.15, 0.2) is 48.8 Å². The minimum absolute atomic E-state index is 0.0630. The van der Waals surface area contributed by atoms with Gasteiger partial charge in [-0.1, -0.05) is 50.2 Å². The van der Waals surface area contributed by atoms with Gasteiger partial charge >= 0.3 is 6.09 Å². The molecule has 0 fully saturated rings. The summed E-state index contributed by atoms with van der Waals surface area (Å²) in [4.78, 5) is 54.9. The second-order valence-corrected chi connectivity index (χ2v) is 8.95. The summed E-state index contributed by atoms with van der Waals surface area (Å²) in [5.41, 5.74) is 2.80. The molecule has 1 aliphatic heterocycles. The highest BCUT2D eigenvalue weighted by Crippen LogP contribution is 2.12. The predicted molar refractivity (Wildman–Crippen MR) is 129 cm³/mol. The van der Waals surface area contributed by atoms with Crippen LogP contribution in [0.5, 0.6) is 0 Å². The number of amides is 3. The van der Waals surface area contributed by atoms with Crippen molar-refractivity contribution in [2.45, 2.75) is 58.2 Å². The van der Waals surface area contributed by atoms with Gasteiger partial charge in [0.15, 0.2) is 0 Å². The summed E-state index contributed by atoms with van der Waals surface area (Å²) < 4.78 is 5.24. The molecule has 0 spiro atoms. The number of nitrogens with one attached hydrogen (secondary N) is 3. The molecule has 0 saturated heterocycles. The Morgan fingerprint density at radius 3 is 2.54 bits per heavy atom. The van der Waals surface area contributed by atoms with Gasteiger partial charge in [0, 0.05) is 18.9 Å². The largest absolute Gasteiger partial charge is 0.445 e. The number of nitrogens with zero attached hydrogens (tertiary/aromatic N) is 1. The molecule has 186 valence electrons. The van der Waals surface area contributed by atoms with Gasteiger partial charge in [-0.2, -0.15) is 0 Å². The van der Waals surface area contributed by atoms with Crippen molar-refractivity contribution in [3.8, 4) is 0 Å². The van der Waals surface area contributed by atoms with Gasteiger partial charge in [-0.25, -0.2) is 4.79 Å². The molecule has 2 bridgehead atoms. The zero-order valence-electron chi connectivity index (χ0n) is 20.1. The molecule has 1 aromatic heterocycles. The molecule has 2 aromatic rings. The van der Waals surface area contributed by atoms with Crippen molar-refractivity contribution in [1.29, 1.82) is 0 Å². The number of benzene rings is 1. The summed E-state index contributed by atoms with van der Waals surface area (Å²) in [6, 6.07) is 9.24. The zero-order valence-corrected chi connectivity index (χ0v) is 20.1. The fraction of sp³-hybridized carbons (Fsp3) is 0.423. The molecule has 9 heteroatoms. The Labute approximate surface area is 205 Å². The number of alkyl carbamates (subject to hydrolysis) is 1. The first-order valence-electron chi connectivity index (χ1n) is 11.9. The van der Waals surface area contributed by atoms with Crippen molar-refractivity contribution in [2.75, 3.05) is 6.54 Å². The van der Waals surface area contributed by atoms with Crippen molar-refractivity contribution in [3.63, 3.8) is 0 Å². The number of ether oxygens (including phenoxy) is 1. The monoisotopic (exact) mass is 480 g/mol. The molecule has 3 rings (SSSR count). The van der Waals surface area contributed by atoms with Crippen LogP contribution in [0.1, 0.15) is 43.4 Å². The number of carbonyl (C=O) groups excluding carboxylic acids is 4. The summed E-state index contributed by atoms with van der Waals surface area (Å²) in [6.45, 7) is 3.95. The van der Waals surface area contributed by atoms with Gasteiger partial charge < -0.3 is 20.7 Å². The molecule has 0 saturated carbocycles. The maximum atomic E-state index is 13.1. The summed E-state index contributed by atoms with van der Waals surface area (Å²) in [5.74, 6) is -2.27. The summed E-state index contributed by atoms with van der Waals surface area (Å²) >= 11 is 0. The number of ketones is 1. The van der Waals surface area contributed by atoms with Crippen molar-refractivity contribution in [2.24, 2.45) is 5.92 Å². The van der Waals surface area contributed by atoms with Crippen LogP contribution in [0, 0.1) is 5.92 Å². The lowest BCUT2D eigenvalue weighted by molar-refractivity contribution is -0.140. The first-order valence-corrected chi connectivity index (χ1v) is 11.9. The van der Waals surface area contributed by atoms with Gasteiger partial charge in [-0.15, -0.1) is 0 Å². The maximum Gasteiger partial charge on any atom is 0.408 e. The van der Waals surface area contributed by atoms with E-state index in [2.05, 4.69) is 20.9 Å². The van der Waals surface area contributed by atoms with Crippen LogP contribution < -0.4 is 16.0 Å². The quantitative estimate of drug-likeness (QED) is 0.544. The van der Waals surface area contributed by atoms with E-state index in [1.807, 2.05) is 36.4 Å². The lowest BCUT2D eigenvalue weighted by Gasteiger charge is -2.25. The third-order valence-electron chi connectivity index (χ3n) is 5.79. The van der Waals surface area contributed by atoms with Crippen molar-refractivity contribution >= 4 is 23.7 Å². The molecule has 0 radical (unpaired) electrons. The van der Waals surface area contributed by atoms with E-state index in [-0.39, 0.29) is 18.9 Å². The minimum atomic E-state index is -1.03. The summed E-state index contributed by atoms with van der Waals surface area (Å²) in [6.07, 6.45) is 4.88. The molecule has 2 heterocycles. The first-order chi connectivity index (χ1) is 16.8. The second-order valence-electron chi connectivity index (χ2n) is 8.95. The molecule has 3 amide bonds. The Kier molecular flexibility index (Phi) is 9.34. The van der Waals surface area contributed by atoms with Gasteiger partial charge in [-0.3, -0.25) is 19.4 Å². The van der Waals surface area contributed by atoms with E-state index in [9.17, 15) is 19.2 Å². The average molecular weight is 481 g/mol. The average Bonchev–Trinajstić information content (AvgIpc) is 2.85. The highest BCUT2D eigenvalue weighted by atomic mass is 16.5. The number of fused-ring (bicyclic) bond motifs is 2. The van der Waals surface area contributed by atoms with Crippen LogP contribution in [-0.2, 0) is 38.6 Å². The van der Waals surface area contributed by atoms with Crippen molar-refractivity contribution < 1.29 is 23.9 Å². The van der Waals surface area contributed by atoms with E-state index >= 15 is 0 Å². The van der Waals surface area contributed by atoms with E-state index in [1.54, 1.807) is 26.2 Å². The number of aromatic nitrogens is 1. The van der Waals surface area contributed by atoms with Gasteiger partial charge in [0.2, 0.25) is 11.7 Å². The van der Waals surface area contributed by atoms with Gasteiger partial charge in [0.1, 0.15) is 12.6 Å². The molecular weight excluding hydrogens is 448 g/mol. The van der Waals surface area contributed by atoms with Gasteiger partial charge in [-0.05, 0) is 48.3 Å². The topological polar surface area (TPSA) is 126 Å². The fourth-order valence-corrected chi connectivity index (χ4v) is 3.82. The number of aryl methyl sites for hydroxylation is 2. The molecule has 2 atom stereocenters. The molecule has 35 heavy (non-hydrogen) atoms. The van der Waals surface area contributed by atoms with E-state index in [4.69, 9.17) is 4.74 Å². The third-order valence-corrected chi connectivity index (χ3v) is 5.79. The Morgan fingerprint density at radius 1 is 1.11 bits per heavy atom. The van der Waals surface area contributed by atoms with Crippen LogP contribution in [0.4, 0.5) is 4.79 Å². The van der Waals surface area contributed by atoms with Crippen LogP contribution in [0.25, 0.3) is 0 Å². The lowest BCUT2D eigenvalue weighted by Crippen LogP contribution is -2.55. The minimum Gasteiger partial charge on any atom is -0.445 e. The van der Waals surface area contributed by atoms with Crippen LogP contribution in [0.2, 0.25) is 0 Å². The lowest BCUT2D eigenvalue weighted by atomic mass is 9.98. The standard InChI is InChI=1S/C26H32N4O5/c1-17(2)22(30-26(34)35-16-18-7-4-3-5-8-18)24(32)29-21-11-10-20-13-19(14-27-15-20)9-6-12-28-25(33)23(21)31/h3-5,7-8,13-15,17,21-22H,6,9-12,16H2,1-2H3,(H,28,33)(H,29,32)(H,30,34). The Hall–Kier alpha value is -3.75. The third kappa shape index (κ3) is 7.91. The smallest absolute Gasteiger partial charge is 0.408 e. The van der Waals surface area contributed by atoms with Crippen molar-refractivity contribution in [3.05, 3.63) is 65.5 Å². The van der Waals surface area contributed by atoms with E-state index in [0.717, 1.165) is 23.1 Å². The normalized spacial score (nSPS) is 17.4. The SMILES string of the molecule is CC(C)C(NC(=O)OCc1ccccc1)C(=O)NC1CCc2cncc(c2)CCCNC(=O)C1=O. The number of carbonyl (C=O) groups is 4. The number of hydrogen-bond donors (Lipinski definition) is 3. The molecule has 0 aliphatic carbocycles. The van der Waals surface area contributed by atoms with Gasteiger partial charge in [0.25, 0.3) is 5.91 Å². The van der Waals surface area contributed by atoms with Crippen molar-refractivity contribution in [1.82, 2.24) is 20.9 Å². The number of hydrogen-bond acceptors (Lipinski definition) is 6. The molecule has 1 aliphatic rings. The number of Topliss-reactive ketones (excluding diaryl/α,β-unsaturated/α-hetero) is 1. The highest BCUT2D eigenvalue weighted by molar-refractivity contribution is 6.38. The summed E-state index contributed by atoms with van der Waals surface area (Å²) in [5, 5.41) is 7.89. The Balaban J connectivity index is 1.66. The van der Waals surface area contributed by atoms with E-state index in [0.29, 0.717) is 19.4 Å².